The molecule has 0 spiro atoms. The quantitative estimate of drug-likeness (QED) is 0.497. The molecule has 0 bridgehead atoms. The molecule has 164 valence electrons. The molecule has 4 aromatic rings. The lowest BCUT2D eigenvalue weighted by Crippen LogP contribution is -2.40. The highest BCUT2D eigenvalue weighted by Crippen LogP contribution is 2.38. The Balaban J connectivity index is 1.70. The molecule has 32 heavy (non-hydrogen) atoms. The number of carbonyl (C=O) groups excluding carboxylic acids is 1. The Labute approximate surface area is 184 Å². The van der Waals surface area contributed by atoms with Gasteiger partial charge in [0.25, 0.3) is 0 Å². The Morgan fingerprint density at radius 1 is 1.03 bits per heavy atom. The van der Waals surface area contributed by atoms with Crippen LogP contribution in [0, 0.1) is 5.82 Å². The normalized spacial score (nSPS) is 16.0. The number of primary amides is 1. The summed E-state index contributed by atoms with van der Waals surface area (Å²) in [5, 5.41) is 1.73. The van der Waals surface area contributed by atoms with Crippen molar-refractivity contribution in [2.75, 3.05) is 29.5 Å². The second-order valence-electron chi connectivity index (χ2n) is 8.14. The average Bonchev–Trinajstić information content (AvgIpc) is 3.14. The van der Waals surface area contributed by atoms with Crippen molar-refractivity contribution >= 4 is 43.2 Å². The molecule has 3 aromatic carbocycles. The van der Waals surface area contributed by atoms with Gasteiger partial charge in [0, 0.05) is 40.6 Å². The van der Waals surface area contributed by atoms with Crippen LogP contribution >= 0.6 is 0 Å². The average molecular weight is 452 g/mol. The number of sulfone groups is 1. The first-order valence-electron chi connectivity index (χ1n) is 10.4. The number of hydrogen-bond acceptors (Lipinski definition) is 4. The number of rotatable bonds is 4. The van der Waals surface area contributed by atoms with Crippen molar-refractivity contribution in [1.29, 1.82) is 0 Å². The summed E-state index contributed by atoms with van der Waals surface area (Å²) in [6, 6.07) is 16.1. The number of hydrogen-bond donors (Lipinski definition) is 2. The van der Waals surface area contributed by atoms with E-state index in [0.717, 1.165) is 38.6 Å². The van der Waals surface area contributed by atoms with Gasteiger partial charge in [-0.15, -0.1) is 0 Å². The minimum absolute atomic E-state index is 0.0672. The molecule has 0 aliphatic carbocycles. The van der Waals surface area contributed by atoms with Gasteiger partial charge < -0.3 is 15.6 Å². The number of anilines is 1. The standard InChI is InChI=1S/C24H22FN3O3S/c25-20-4-2-1-3-17(20)18-7-5-15(13-22(26)29)24-23(18)19-8-6-16(14-21(19)27-24)28-9-11-32(30,31)12-10-28/h1-8,14,27H,9-13H2,(H2,26,29). The summed E-state index contributed by atoms with van der Waals surface area (Å²) in [7, 11) is -2.97. The van der Waals surface area contributed by atoms with E-state index in [-0.39, 0.29) is 23.7 Å². The second-order valence-corrected chi connectivity index (χ2v) is 10.4. The van der Waals surface area contributed by atoms with Crippen molar-refractivity contribution in [3.8, 4) is 11.1 Å². The maximum atomic E-state index is 14.6. The molecule has 2 heterocycles. The van der Waals surface area contributed by atoms with Gasteiger partial charge in [0.05, 0.1) is 23.4 Å². The van der Waals surface area contributed by atoms with Crippen molar-refractivity contribution in [1.82, 2.24) is 4.98 Å². The number of benzene rings is 3. The van der Waals surface area contributed by atoms with Crippen LogP contribution in [0.1, 0.15) is 5.56 Å². The van der Waals surface area contributed by atoms with Crippen molar-refractivity contribution in [2.45, 2.75) is 6.42 Å². The fraction of sp³-hybridized carbons (Fsp3) is 0.208. The molecular formula is C24H22FN3O3S. The molecule has 0 atom stereocenters. The van der Waals surface area contributed by atoms with E-state index in [1.165, 1.54) is 6.07 Å². The van der Waals surface area contributed by atoms with Crippen LogP contribution in [0.3, 0.4) is 0 Å². The number of aromatic nitrogens is 1. The maximum Gasteiger partial charge on any atom is 0.221 e. The van der Waals surface area contributed by atoms with Crippen LogP contribution in [0.4, 0.5) is 10.1 Å². The number of halogens is 1. The highest BCUT2D eigenvalue weighted by atomic mass is 32.2. The minimum Gasteiger partial charge on any atom is -0.369 e. The number of nitrogens with zero attached hydrogens (tertiary/aromatic N) is 1. The van der Waals surface area contributed by atoms with Crippen LogP contribution in [-0.2, 0) is 21.1 Å². The molecule has 1 saturated heterocycles. The Hall–Kier alpha value is -3.39. The Morgan fingerprint density at radius 3 is 2.50 bits per heavy atom. The van der Waals surface area contributed by atoms with E-state index in [2.05, 4.69) is 4.98 Å². The Kier molecular flexibility index (Phi) is 4.89. The minimum atomic E-state index is -2.97. The van der Waals surface area contributed by atoms with Crippen LogP contribution in [0.5, 0.6) is 0 Å². The summed E-state index contributed by atoms with van der Waals surface area (Å²) in [5.41, 5.74) is 9.92. The van der Waals surface area contributed by atoms with E-state index in [0.29, 0.717) is 18.7 Å². The summed E-state index contributed by atoms with van der Waals surface area (Å²) in [4.78, 5) is 17.1. The zero-order valence-electron chi connectivity index (χ0n) is 17.3. The number of H-pyrrole nitrogens is 1. The third-order valence-electron chi connectivity index (χ3n) is 6.06. The van der Waals surface area contributed by atoms with Gasteiger partial charge >= 0.3 is 0 Å². The summed E-state index contributed by atoms with van der Waals surface area (Å²) in [5.74, 6) is -0.494. The first-order chi connectivity index (χ1) is 15.3. The van der Waals surface area contributed by atoms with Gasteiger partial charge in [0.15, 0.2) is 9.84 Å². The van der Waals surface area contributed by atoms with E-state index < -0.39 is 15.7 Å². The molecule has 0 saturated carbocycles. The summed E-state index contributed by atoms with van der Waals surface area (Å²) in [6.45, 7) is 0.892. The van der Waals surface area contributed by atoms with Gasteiger partial charge in [-0.2, -0.15) is 0 Å². The number of aromatic amines is 1. The zero-order valence-corrected chi connectivity index (χ0v) is 18.1. The van der Waals surface area contributed by atoms with Gasteiger partial charge in [-0.3, -0.25) is 4.79 Å². The number of carbonyl (C=O) groups is 1. The molecule has 1 fully saturated rings. The number of nitrogens with two attached hydrogens (primary N) is 1. The second kappa shape index (κ2) is 7.63. The lowest BCUT2D eigenvalue weighted by Gasteiger charge is -2.28. The third-order valence-corrected chi connectivity index (χ3v) is 7.67. The number of nitrogens with one attached hydrogen (secondary N) is 1. The Morgan fingerprint density at radius 2 is 1.78 bits per heavy atom. The van der Waals surface area contributed by atoms with E-state index in [9.17, 15) is 17.6 Å². The van der Waals surface area contributed by atoms with Crippen molar-refractivity contribution in [3.05, 3.63) is 66.0 Å². The molecule has 1 amide bonds. The summed E-state index contributed by atoms with van der Waals surface area (Å²) < 4.78 is 38.2. The SMILES string of the molecule is NC(=O)Cc1ccc(-c2ccccc2F)c2c1[nH]c1cc(N3CCS(=O)(=O)CC3)ccc12. The van der Waals surface area contributed by atoms with Crippen LogP contribution in [0.15, 0.2) is 54.6 Å². The first-order valence-corrected chi connectivity index (χ1v) is 12.2. The lowest BCUT2D eigenvalue weighted by molar-refractivity contribution is -0.117. The molecule has 0 radical (unpaired) electrons. The van der Waals surface area contributed by atoms with Gasteiger partial charge in [0.1, 0.15) is 5.82 Å². The summed E-state index contributed by atoms with van der Waals surface area (Å²) in [6.07, 6.45) is 0.0672. The van der Waals surface area contributed by atoms with E-state index in [1.54, 1.807) is 24.3 Å². The molecule has 8 heteroatoms. The molecule has 1 aromatic heterocycles. The fourth-order valence-corrected chi connectivity index (χ4v) is 5.66. The monoisotopic (exact) mass is 451 g/mol. The molecule has 3 N–H and O–H groups in total. The highest BCUT2D eigenvalue weighted by molar-refractivity contribution is 7.91. The van der Waals surface area contributed by atoms with Crippen molar-refractivity contribution < 1.29 is 17.6 Å². The van der Waals surface area contributed by atoms with Crippen LogP contribution in [0.25, 0.3) is 32.9 Å². The molecule has 1 aliphatic rings. The lowest BCUT2D eigenvalue weighted by atomic mass is 9.95. The molecule has 1 aliphatic heterocycles. The number of amides is 1. The predicted molar refractivity (Wildman–Crippen MR) is 125 cm³/mol. The first kappa shape index (κ1) is 20.5. The third kappa shape index (κ3) is 3.60. The molecular weight excluding hydrogens is 429 g/mol. The smallest absolute Gasteiger partial charge is 0.221 e. The zero-order chi connectivity index (χ0) is 22.5. The molecule has 0 unspecified atom stereocenters. The number of fused-ring (bicyclic) bond motifs is 3. The van der Waals surface area contributed by atoms with Crippen LogP contribution in [-0.4, -0.2) is 43.9 Å². The van der Waals surface area contributed by atoms with Crippen LogP contribution in [0.2, 0.25) is 0 Å². The maximum absolute atomic E-state index is 14.6. The molecule has 6 nitrogen and oxygen atoms in total. The largest absolute Gasteiger partial charge is 0.369 e. The van der Waals surface area contributed by atoms with Gasteiger partial charge in [-0.05, 0) is 29.3 Å². The van der Waals surface area contributed by atoms with Gasteiger partial charge in [-0.25, -0.2) is 12.8 Å². The van der Waals surface area contributed by atoms with E-state index in [4.69, 9.17) is 5.73 Å². The Bertz CT molecular complexity index is 1460. The van der Waals surface area contributed by atoms with E-state index in [1.807, 2.05) is 29.2 Å². The van der Waals surface area contributed by atoms with Gasteiger partial charge in [-0.1, -0.05) is 36.4 Å². The van der Waals surface area contributed by atoms with Gasteiger partial charge in [0.2, 0.25) is 5.91 Å². The van der Waals surface area contributed by atoms with Crippen molar-refractivity contribution in [3.63, 3.8) is 0 Å². The molecule has 5 rings (SSSR count). The van der Waals surface area contributed by atoms with E-state index >= 15 is 0 Å². The van der Waals surface area contributed by atoms with Crippen molar-refractivity contribution in [2.24, 2.45) is 5.73 Å². The predicted octanol–water partition coefficient (Wildman–Crippen LogP) is 3.39. The highest BCUT2D eigenvalue weighted by Gasteiger charge is 2.23. The topological polar surface area (TPSA) is 96.3 Å². The fourth-order valence-electron chi connectivity index (χ4n) is 4.46. The van der Waals surface area contributed by atoms with Crippen LogP contribution < -0.4 is 10.6 Å². The summed E-state index contributed by atoms with van der Waals surface area (Å²) >= 11 is 0.